The molecule has 7 heteroatoms. The zero-order valence-electron chi connectivity index (χ0n) is 12.7. The van der Waals surface area contributed by atoms with Crippen LogP contribution < -0.4 is 5.32 Å². The highest BCUT2D eigenvalue weighted by molar-refractivity contribution is 5.59. The molecule has 0 radical (unpaired) electrons. The zero-order chi connectivity index (χ0) is 15.4. The van der Waals surface area contributed by atoms with E-state index in [0.29, 0.717) is 24.5 Å². The fraction of sp³-hybridized carbons (Fsp3) is 0.786. The van der Waals surface area contributed by atoms with E-state index < -0.39 is 0 Å². The lowest BCUT2D eigenvalue weighted by Crippen LogP contribution is -2.30. The van der Waals surface area contributed by atoms with E-state index in [9.17, 15) is 15.2 Å². The molecule has 2 rings (SSSR count). The van der Waals surface area contributed by atoms with Crippen LogP contribution in [0.1, 0.15) is 44.7 Å². The summed E-state index contributed by atoms with van der Waals surface area (Å²) in [5.74, 6) is 0.601. The summed E-state index contributed by atoms with van der Waals surface area (Å²) in [4.78, 5) is 10.9. The molecule has 1 aliphatic carbocycles. The number of aliphatic hydroxyl groups excluding tert-OH is 1. The van der Waals surface area contributed by atoms with Crippen LogP contribution >= 0.6 is 0 Å². The van der Waals surface area contributed by atoms with Crippen molar-refractivity contribution >= 4 is 11.5 Å². The second-order valence-electron chi connectivity index (χ2n) is 5.77. The van der Waals surface area contributed by atoms with Crippen molar-refractivity contribution in [2.75, 3.05) is 11.9 Å². The normalized spacial score (nSPS) is 22.2. The SMILES string of the molecule is CCCc1nn(C)c(NCC2CCCCC2O)c1[N+](=O)[O-]. The van der Waals surface area contributed by atoms with Crippen LogP contribution in [0.2, 0.25) is 0 Å². The summed E-state index contributed by atoms with van der Waals surface area (Å²) in [7, 11) is 1.71. The Morgan fingerprint density at radius 1 is 1.48 bits per heavy atom. The quantitative estimate of drug-likeness (QED) is 0.620. The number of aromatic nitrogens is 2. The van der Waals surface area contributed by atoms with Gasteiger partial charge in [-0.1, -0.05) is 26.2 Å². The van der Waals surface area contributed by atoms with Crippen molar-refractivity contribution in [1.82, 2.24) is 9.78 Å². The van der Waals surface area contributed by atoms with Crippen LogP contribution in [-0.4, -0.2) is 32.5 Å². The molecule has 0 saturated heterocycles. The van der Waals surface area contributed by atoms with Crippen molar-refractivity contribution in [3.63, 3.8) is 0 Å². The Bertz CT molecular complexity index is 501. The summed E-state index contributed by atoms with van der Waals surface area (Å²) in [6.07, 6.45) is 5.05. The van der Waals surface area contributed by atoms with Crippen LogP contribution in [-0.2, 0) is 13.5 Å². The Hall–Kier alpha value is -1.63. The van der Waals surface area contributed by atoms with Crippen LogP contribution in [0.25, 0.3) is 0 Å². The average molecular weight is 296 g/mol. The molecule has 0 bridgehead atoms. The van der Waals surface area contributed by atoms with Crippen molar-refractivity contribution in [2.45, 2.75) is 51.6 Å². The van der Waals surface area contributed by atoms with Crippen LogP contribution in [0.5, 0.6) is 0 Å². The number of aliphatic hydroxyl groups is 1. The highest BCUT2D eigenvalue weighted by Crippen LogP contribution is 2.30. The predicted molar refractivity (Wildman–Crippen MR) is 80.3 cm³/mol. The standard InChI is InChI=1S/C14H24N4O3/c1-3-6-11-13(18(20)21)14(17(2)16-11)15-9-10-7-4-5-8-12(10)19/h10,12,15,19H,3-9H2,1-2H3. The summed E-state index contributed by atoms with van der Waals surface area (Å²) in [5, 5.41) is 28.7. The van der Waals surface area contributed by atoms with Gasteiger partial charge in [0.25, 0.3) is 0 Å². The molecular weight excluding hydrogens is 272 g/mol. The second-order valence-corrected chi connectivity index (χ2v) is 5.77. The van der Waals surface area contributed by atoms with Crippen LogP contribution in [0.4, 0.5) is 11.5 Å². The first-order valence-electron chi connectivity index (χ1n) is 7.66. The Morgan fingerprint density at radius 2 is 2.19 bits per heavy atom. The predicted octanol–water partition coefficient (Wildman–Crippen LogP) is 2.24. The molecule has 21 heavy (non-hydrogen) atoms. The molecule has 1 aliphatic rings. The molecule has 1 aromatic heterocycles. The van der Waals surface area contributed by atoms with Gasteiger partial charge in [-0.25, -0.2) is 4.68 Å². The molecule has 0 amide bonds. The summed E-state index contributed by atoms with van der Waals surface area (Å²) < 4.78 is 1.54. The number of nitrogens with zero attached hydrogens (tertiary/aromatic N) is 3. The number of anilines is 1. The van der Waals surface area contributed by atoms with Gasteiger partial charge in [-0.05, 0) is 19.3 Å². The minimum Gasteiger partial charge on any atom is -0.393 e. The Labute approximate surface area is 124 Å². The van der Waals surface area contributed by atoms with Gasteiger partial charge < -0.3 is 10.4 Å². The van der Waals surface area contributed by atoms with Crippen molar-refractivity contribution in [1.29, 1.82) is 0 Å². The van der Waals surface area contributed by atoms with Gasteiger partial charge >= 0.3 is 5.69 Å². The highest BCUT2D eigenvalue weighted by atomic mass is 16.6. The molecule has 2 N–H and O–H groups in total. The fourth-order valence-corrected chi connectivity index (χ4v) is 3.02. The lowest BCUT2D eigenvalue weighted by atomic mass is 9.86. The summed E-state index contributed by atoms with van der Waals surface area (Å²) >= 11 is 0. The third-order valence-electron chi connectivity index (χ3n) is 4.16. The van der Waals surface area contributed by atoms with E-state index in [-0.39, 0.29) is 22.6 Å². The van der Waals surface area contributed by atoms with E-state index in [4.69, 9.17) is 0 Å². The van der Waals surface area contributed by atoms with Crippen molar-refractivity contribution in [2.24, 2.45) is 13.0 Å². The molecule has 1 saturated carbocycles. The summed E-state index contributed by atoms with van der Waals surface area (Å²) in [6.45, 7) is 2.52. The Kier molecular flexibility index (Phi) is 5.17. The molecule has 0 aliphatic heterocycles. The molecule has 1 fully saturated rings. The molecule has 118 valence electrons. The number of nitrogens with one attached hydrogen (secondary N) is 1. The van der Waals surface area contributed by atoms with E-state index in [1.54, 1.807) is 11.7 Å². The van der Waals surface area contributed by atoms with E-state index in [1.165, 1.54) is 0 Å². The van der Waals surface area contributed by atoms with Crippen molar-refractivity contribution in [3.8, 4) is 0 Å². The monoisotopic (exact) mass is 296 g/mol. The Balaban J connectivity index is 2.13. The van der Waals surface area contributed by atoms with Gasteiger partial charge in [0.1, 0.15) is 5.69 Å². The first-order valence-corrected chi connectivity index (χ1v) is 7.66. The molecule has 1 aromatic rings. The van der Waals surface area contributed by atoms with Gasteiger partial charge in [-0.3, -0.25) is 10.1 Å². The maximum Gasteiger partial charge on any atom is 0.333 e. The summed E-state index contributed by atoms with van der Waals surface area (Å²) in [5.41, 5.74) is 0.598. The van der Waals surface area contributed by atoms with Gasteiger partial charge in [-0.15, -0.1) is 0 Å². The number of hydrogen-bond donors (Lipinski definition) is 2. The number of aryl methyl sites for hydroxylation is 2. The van der Waals surface area contributed by atoms with E-state index >= 15 is 0 Å². The van der Waals surface area contributed by atoms with E-state index in [2.05, 4.69) is 10.4 Å². The minimum absolute atomic E-state index is 0.0737. The number of rotatable bonds is 6. The van der Waals surface area contributed by atoms with Gasteiger partial charge in [0.15, 0.2) is 0 Å². The first-order chi connectivity index (χ1) is 10.0. The van der Waals surface area contributed by atoms with E-state index in [1.807, 2.05) is 6.92 Å². The molecule has 2 unspecified atom stereocenters. The van der Waals surface area contributed by atoms with Gasteiger partial charge in [-0.2, -0.15) is 5.10 Å². The molecule has 0 aromatic carbocycles. The third kappa shape index (κ3) is 3.53. The fourth-order valence-electron chi connectivity index (χ4n) is 3.02. The maximum atomic E-state index is 11.3. The largest absolute Gasteiger partial charge is 0.393 e. The van der Waals surface area contributed by atoms with E-state index in [0.717, 1.165) is 32.1 Å². The van der Waals surface area contributed by atoms with Crippen molar-refractivity contribution < 1.29 is 10.0 Å². The summed E-state index contributed by atoms with van der Waals surface area (Å²) in [6, 6.07) is 0. The topological polar surface area (TPSA) is 93.2 Å². The number of hydrogen-bond acceptors (Lipinski definition) is 5. The molecule has 2 atom stereocenters. The van der Waals surface area contributed by atoms with Crippen LogP contribution in [0.15, 0.2) is 0 Å². The van der Waals surface area contributed by atoms with Gasteiger partial charge in [0.05, 0.1) is 11.0 Å². The smallest absolute Gasteiger partial charge is 0.333 e. The molecule has 7 nitrogen and oxygen atoms in total. The highest BCUT2D eigenvalue weighted by Gasteiger charge is 2.28. The van der Waals surface area contributed by atoms with Crippen LogP contribution in [0.3, 0.4) is 0 Å². The van der Waals surface area contributed by atoms with Crippen LogP contribution in [0, 0.1) is 16.0 Å². The Morgan fingerprint density at radius 3 is 2.81 bits per heavy atom. The molecule has 0 spiro atoms. The maximum absolute atomic E-state index is 11.3. The van der Waals surface area contributed by atoms with Crippen molar-refractivity contribution in [3.05, 3.63) is 15.8 Å². The minimum atomic E-state index is -0.363. The van der Waals surface area contributed by atoms with Gasteiger partial charge in [0, 0.05) is 19.5 Å². The lowest BCUT2D eigenvalue weighted by Gasteiger charge is -2.27. The lowest BCUT2D eigenvalue weighted by molar-refractivity contribution is -0.384. The van der Waals surface area contributed by atoms with Gasteiger partial charge in [0.2, 0.25) is 5.82 Å². The third-order valence-corrected chi connectivity index (χ3v) is 4.16. The average Bonchev–Trinajstić information content (AvgIpc) is 2.74. The first kappa shape index (κ1) is 15.8. The zero-order valence-corrected chi connectivity index (χ0v) is 12.7. The molecule has 1 heterocycles. The second kappa shape index (κ2) is 6.89. The molecular formula is C14H24N4O3. The number of nitro groups is 1.